The van der Waals surface area contributed by atoms with Gasteiger partial charge in [-0.1, -0.05) is 0 Å². The van der Waals surface area contributed by atoms with Gasteiger partial charge in [0.1, 0.15) is 0 Å². The smallest absolute Gasteiger partial charge is 0.323 e. The van der Waals surface area contributed by atoms with E-state index in [0.717, 1.165) is 0 Å². The highest BCUT2D eigenvalue weighted by molar-refractivity contribution is 5.96. The van der Waals surface area contributed by atoms with E-state index in [4.69, 9.17) is 14.2 Å². The molecule has 2 heterocycles. The van der Waals surface area contributed by atoms with Crippen LogP contribution in [0.1, 0.15) is 13.3 Å². The molecule has 2 saturated heterocycles. The minimum absolute atomic E-state index is 0.151. The van der Waals surface area contributed by atoms with E-state index in [0.29, 0.717) is 13.0 Å². The van der Waals surface area contributed by atoms with Crippen LogP contribution < -0.4 is 0 Å². The molecule has 0 aromatic carbocycles. The molecule has 0 spiro atoms. The molecule has 0 unspecified atom stereocenters. The molecule has 5 nitrogen and oxygen atoms in total. The predicted molar refractivity (Wildman–Crippen MR) is 44.1 cm³/mol. The molecule has 2 aliphatic rings. The van der Waals surface area contributed by atoms with Crippen LogP contribution in [0.3, 0.4) is 0 Å². The fraction of sp³-hybridized carbons (Fsp3) is 0.778. The lowest BCUT2D eigenvalue weighted by Crippen LogP contribution is -2.27. The molecular weight excluding hydrogens is 188 g/mol. The van der Waals surface area contributed by atoms with Crippen molar-refractivity contribution < 1.29 is 23.8 Å². The summed E-state index contributed by atoms with van der Waals surface area (Å²) in [5.41, 5.74) is 0. The highest BCUT2D eigenvalue weighted by atomic mass is 16.7. The maximum Gasteiger partial charge on any atom is 0.323 e. The molecule has 2 fully saturated rings. The molecule has 3 atom stereocenters. The zero-order valence-corrected chi connectivity index (χ0v) is 7.89. The van der Waals surface area contributed by atoms with Gasteiger partial charge in [-0.15, -0.1) is 0 Å². The average molecular weight is 200 g/mol. The molecule has 0 aromatic heterocycles. The Morgan fingerprint density at radius 2 is 2.43 bits per heavy atom. The summed E-state index contributed by atoms with van der Waals surface area (Å²) < 4.78 is 14.9. The van der Waals surface area contributed by atoms with Crippen LogP contribution in [0, 0.1) is 11.8 Å². The molecule has 0 saturated carbocycles. The molecular formula is C9H12O5. The van der Waals surface area contributed by atoms with Crippen LogP contribution in [-0.4, -0.2) is 31.4 Å². The number of carbonyl (C=O) groups excluding carboxylic acids is 2. The Bertz CT molecular complexity index is 262. The maximum absolute atomic E-state index is 11.4. The monoisotopic (exact) mass is 200 g/mol. The van der Waals surface area contributed by atoms with Gasteiger partial charge in [0.2, 0.25) is 6.29 Å². The topological polar surface area (TPSA) is 61.8 Å². The summed E-state index contributed by atoms with van der Waals surface area (Å²) >= 11 is 0. The molecule has 0 aromatic rings. The van der Waals surface area contributed by atoms with Gasteiger partial charge < -0.3 is 14.2 Å². The molecule has 2 aliphatic heterocycles. The lowest BCUT2D eigenvalue weighted by molar-refractivity contribution is -0.163. The van der Waals surface area contributed by atoms with E-state index in [-0.39, 0.29) is 12.5 Å². The number of esters is 2. The maximum atomic E-state index is 11.4. The van der Waals surface area contributed by atoms with Gasteiger partial charge >= 0.3 is 11.9 Å². The molecule has 0 bridgehead atoms. The van der Waals surface area contributed by atoms with E-state index < -0.39 is 24.1 Å². The quantitative estimate of drug-likeness (QED) is 0.467. The molecule has 5 heteroatoms. The van der Waals surface area contributed by atoms with Gasteiger partial charge in [0.05, 0.1) is 13.2 Å². The number of fused-ring (bicyclic) bond motifs is 1. The third-order valence-corrected chi connectivity index (χ3v) is 2.54. The first kappa shape index (κ1) is 9.45. The van der Waals surface area contributed by atoms with Crippen LogP contribution in [0.2, 0.25) is 0 Å². The second-order valence-corrected chi connectivity index (χ2v) is 3.36. The standard InChI is InChI=1S/C9H12O5/c1-2-12-7(10)6-5-3-4-13-9(5)14-8(6)11/h5-6,9H,2-4H2,1H3/t5-,6-,9+/m1/s1. The highest BCUT2D eigenvalue weighted by Crippen LogP contribution is 2.36. The van der Waals surface area contributed by atoms with E-state index in [2.05, 4.69) is 0 Å². The first-order valence-corrected chi connectivity index (χ1v) is 4.72. The fourth-order valence-electron chi connectivity index (χ4n) is 1.89. The lowest BCUT2D eigenvalue weighted by Gasteiger charge is -2.09. The fourth-order valence-corrected chi connectivity index (χ4v) is 1.89. The van der Waals surface area contributed by atoms with Gasteiger partial charge in [0.25, 0.3) is 0 Å². The van der Waals surface area contributed by atoms with E-state index in [9.17, 15) is 9.59 Å². The number of hydrogen-bond donors (Lipinski definition) is 0. The van der Waals surface area contributed by atoms with Crippen LogP contribution in [-0.2, 0) is 23.8 Å². The van der Waals surface area contributed by atoms with Crippen LogP contribution in [0.15, 0.2) is 0 Å². The second-order valence-electron chi connectivity index (χ2n) is 3.36. The summed E-state index contributed by atoms with van der Waals surface area (Å²) in [4.78, 5) is 22.7. The van der Waals surface area contributed by atoms with Crippen molar-refractivity contribution in [2.24, 2.45) is 11.8 Å². The number of carbonyl (C=O) groups is 2. The van der Waals surface area contributed by atoms with Crippen molar-refractivity contribution in [3.05, 3.63) is 0 Å². The Morgan fingerprint density at radius 1 is 1.64 bits per heavy atom. The van der Waals surface area contributed by atoms with Crippen molar-refractivity contribution in [2.45, 2.75) is 19.6 Å². The molecule has 0 N–H and O–H groups in total. The van der Waals surface area contributed by atoms with Crippen LogP contribution in [0.25, 0.3) is 0 Å². The van der Waals surface area contributed by atoms with E-state index >= 15 is 0 Å². The average Bonchev–Trinajstić information content (AvgIpc) is 2.63. The van der Waals surface area contributed by atoms with Crippen LogP contribution in [0.5, 0.6) is 0 Å². The Labute approximate surface area is 81.3 Å². The van der Waals surface area contributed by atoms with Crippen molar-refractivity contribution in [1.82, 2.24) is 0 Å². The van der Waals surface area contributed by atoms with Gasteiger partial charge in [-0.3, -0.25) is 9.59 Å². The Hall–Kier alpha value is -1.10. The first-order chi connectivity index (χ1) is 6.74. The van der Waals surface area contributed by atoms with Gasteiger partial charge in [0.15, 0.2) is 5.92 Å². The molecule has 78 valence electrons. The first-order valence-electron chi connectivity index (χ1n) is 4.72. The Balaban J connectivity index is 2.09. The van der Waals surface area contributed by atoms with Crippen molar-refractivity contribution in [3.8, 4) is 0 Å². The second kappa shape index (κ2) is 3.57. The zero-order chi connectivity index (χ0) is 10.1. The summed E-state index contributed by atoms with van der Waals surface area (Å²) in [6.45, 7) is 2.53. The highest BCUT2D eigenvalue weighted by Gasteiger charge is 2.52. The summed E-state index contributed by atoms with van der Waals surface area (Å²) in [6, 6.07) is 0. The SMILES string of the molecule is CCOC(=O)[C@@H]1C(=O)O[C@@H]2OCC[C@@H]21. The van der Waals surface area contributed by atoms with Crippen molar-refractivity contribution in [3.63, 3.8) is 0 Å². The van der Waals surface area contributed by atoms with Crippen molar-refractivity contribution in [2.75, 3.05) is 13.2 Å². The molecule has 14 heavy (non-hydrogen) atoms. The van der Waals surface area contributed by atoms with Gasteiger partial charge in [-0.05, 0) is 13.3 Å². The van der Waals surface area contributed by atoms with E-state index in [1.54, 1.807) is 6.92 Å². The number of rotatable bonds is 2. The molecule has 0 amide bonds. The minimum atomic E-state index is -0.776. The van der Waals surface area contributed by atoms with Crippen molar-refractivity contribution in [1.29, 1.82) is 0 Å². The van der Waals surface area contributed by atoms with Crippen molar-refractivity contribution >= 4 is 11.9 Å². The normalized spacial score (nSPS) is 35.2. The van der Waals surface area contributed by atoms with Gasteiger partial charge in [0, 0.05) is 5.92 Å². The lowest BCUT2D eigenvalue weighted by atomic mass is 9.93. The zero-order valence-electron chi connectivity index (χ0n) is 7.89. The third-order valence-electron chi connectivity index (χ3n) is 2.54. The minimum Gasteiger partial charge on any atom is -0.465 e. The summed E-state index contributed by atoms with van der Waals surface area (Å²) in [5.74, 6) is -1.93. The van der Waals surface area contributed by atoms with E-state index in [1.165, 1.54) is 0 Å². The predicted octanol–water partition coefficient (Wildman–Crippen LogP) is 0.0851. The van der Waals surface area contributed by atoms with Gasteiger partial charge in [-0.25, -0.2) is 0 Å². The van der Waals surface area contributed by atoms with E-state index in [1.807, 2.05) is 0 Å². The van der Waals surface area contributed by atoms with Crippen LogP contribution >= 0.6 is 0 Å². The Kier molecular flexibility index (Phi) is 2.41. The van der Waals surface area contributed by atoms with Gasteiger partial charge in [-0.2, -0.15) is 0 Å². The number of ether oxygens (including phenoxy) is 3. The third kappa shape index (κ3) is 1.37. The molecule has 0 aliphatic carbocycles. The molecule has 2 rings (SSSR count). The Morgan fingerprint density at radius 3 is 3.14 bits per heavy atom. The molecule has 0 radical (unpaired) electrons. The number of hydrogen-bond acceptors (Lipinski definition) is 5. The largest absolute Gasteiger partial charge is 0.465 e. The summed E-state index contributed by atoms with van der Waals surface area (Å²) in [5, 5.41) is 0. The van der Waals surface area contributed by atoms with Crippen LogP contribution in [0.4, 0.5) is 0 Å². The summed E-state index contributed by atoms with van der Waals surface area (Å²) in [6.07, 6.45) is 0.150. The summed E-state index contributed by atoms with van der Waals surface area (Å²) in [7, 11) is 0.